The van der Waals surface area contributed by atoms with E-state index < -0.39 is 0 Å². The summed E-state index contributed by atoms with van der Waals surface area (Å²) >= 11 is 1.45. The SMILES string of the molecule is CNC(=O)c1sc2ccccc2c1C1CN(C(=O)COC(C)C)CCO1. The van der Waals surface area contributed by atoms with Gasteiger partial charge in [-0.25, -0.2) is 0 Å². The lowest BCUT2D eigenvalue weighted by Gasteiger charge is -2.33. The normalized spacial score (nSPS) is 17.7. The van der Waals surface area contributed by atoms with Gasteiger partial charge in [-0.05, 0) is 25.3 Å². The summed E-state index contributed by atoms with van der Waals surface area (Å²) in [5.41, 5.74) is 0.868. The Morgan fingerprint density at radius 3 is 2.88 bits per heavy atom. The van der Waals surface area contributed by atoms with E-state index in [1.165, 1.54) is 11.3 Å². The summed E-state index contributed by atoms with van der Waals surface area (Å²) in [4.78, 5) is 27.2. The van der Waals surface area contributed by atoms with Crippen LogP contribution in [0.5, 0.6) is 0 Å². The number of carbonyl (C=O) groups is 2. The van der Waals surface area contributed by atoms with Crippen LogP contribution in [0.2, 0.25) is 0 Å². The number of morpholine rings is 1. The van der Waals surface area contributed by atoms with Gasteiger partial charge in [0.25, 0.3) is 5.91 Å². The average molecular weight is 376 g/mol. The maximum absolute atomic E-state index is 12.4. The van der Waals surface area contributed by atoms with Crippen LogP contribution in [0.15, 0.2) is 24.3 Å². The van der Waals surface area contributed by atoms with Crippen LogP contribution < -0.4 is 5.32 Å². The van der Waals surface area contributed by atoms with E-state index in [1.54, 1.807) is 11.9 Å². The van der Waals surface area contributed by atoms with Crippen LogP contribution in [-0.4, -0.2) is 56.2 Å². The third kappa shape index (κ3) is 3.90. The van der Waals surface area contributed by atoms with Gasteiger partial charge in [-0.1, -0.05) is 18.2 Å². The molecule has 0 bridgehead atoms. The fourth-order valence-electron chi connectivity index (χ4n) is 3.05. The first-order valence-corrected chi connectivity index (χ1v) is 9.57. The van der Waals surface area contributed by atoms with Gasteiger partial charge in [0.2, 0.25) is 5.91 Å². The minimum Gasteiger partial charge on any atom is -0.370 e. The van der Waals surface area contributed by atoms with Crippen LogP contribution in [0.4, 0.5) is 0 Å². The highest BCUT2D eigenvalue weighted by Gasteiger charge is 2.31. The van der Waals surface area contributed by atoms with Gasteiger partial charge >= 0.3 is 0 Å². The Morgan fingerprint density at radius 2 is 2.15 bits per heavy atom. The van der Waals surface area contributed by atoms with Crippen LogP contribution in [-0.2, 0) is 14.3 Å². The van der Waals surface area contributed by atoms with Crippen LogP contribution in [0.1, 0.15) is 35.2 Å². The number of thiophene rings is 1. The first-order valence-electron chi connectivity index (χ1n) is 8.75. The quantitative estimate of drug-likeness (QED) is 0.871. The molecule has 26 heavy (non-hydrogen) atoms. The second-order valence-corrected chi connectivity index (χ2v) is 7.53. The number of hydrogen-bond acceptors (Lipinski definition) is 5. The van der Waals surface area contributed by atoms with Crippen LogP contribution in [0.25, 0.3) is 10.1 Å². The summed E-state index contributed by atoms with van der Waals surface area (Å²) in [6.07, 6.45) is -0.313. The van der Waals surface area contributed by atoms with Crippen molar-refractivity contribution in [3.8, 4) is 0 Å². The van der Waals surface area contributed by atoms with E-state index in [-0.39, 0.29) is 30.6 Å². The Bertz CT molecular complexity index is 802. The molecule has 2 aromatic rings. The highest BCUT2D eigenvalue weighted by atomic mass is 32.1. The fourth-order valence-corrected chi connectivity index (χ4v) is 4.25. The standard InChI is InChI=1S/C19H24N2O4S/c1-12(2)25-11-16(22)21-8-9-24-14(10-21)17-13-6-4-5-7-15(13)26-18(17)19(23)20-3/h4-7,12,14H,8-11H2,1-3H3,(H,20,23). The Labute approximate surface area is 157 Å². The number of benzene rings is 1. The Balaban J connectivity index is 1.88. The van der Waals surface area contributed by atoms with E-state index in [0.717, 1.165) is 15.6 Å². The number of fused-ring (bicyclic) bond motifs is 1. The van der Waals surface area contributed by atoms with E-state index in [1.807, 2.05) is 38.1 Å². The van der Waals surface area contributed by atoms with Gasteiger partial charge in [0.15, 0.2) is 0 Å². The molecule has 0 radical (unpaired) electrons. The minimum atomic E-state index is -0.324. The predicted molar refractivity (Wildman–Crippen MR) is 102 cm³/mol. The smallest absolute Gasteiger partial charge is 0.261 e. The van der Waals surface area contributed by atoms with Gasteiger partial charge in [-0.15, -0.1) is 11.3 Å². The van der Waals surface area contributed by atoms with Gasteiger partial charge in [-0.3, -0.25) is 9.59 Å². The third-order valence-corrected chi connectivity index (χ3v) is 5.53. The lowest BCUT2D eigenvalue weighted by Crippen LogP contribution is -2.44. The van der Waals surface area contributed by atoms with E-state index in [0.29, 0.717) is 24.6 Å². The number of amides is 2. The van der Waals surface area contributed by atoms with Crippen molar-refractivity contribution in [2.75, 3.05) is 33.4 Å². The molecule has 2 amide bonds. The van der Waals surface area contributed by atoms with Crippen LogP contribution in [0, 0.1) is 0 Å². The molecule has 7 heteroatoms. The molecule has 2 heterocycles. The molecule has 1 aromatic heterocycles. The molecule has 0 saturated carbocycles. The largest absolute Gasteiger partial charge is 0.370 e. The van der Waals surface area contributed by atoms with Crippen molar-refractivity contribution < 1.29 is 19.1 Å². The number of nitrogens with one attached hydrogen (secondary N) is 1. The number of rotatable bonds is 5. The second-order valence-electron chi connectivity index (χ2n) is 6.48. The summed E-state index contributed by atoms with van der Waals surface area (Å²) in [6, 6.07) is 7.91. The fraction of sp³-hybridized carbons (Fsp3) is 0.474. The van der Waals surface area contributed by atoms with Gasteiger partial charge in [0.1, 0.15) is 12.7 Å². The number of nitrogens with zero attached hydrogens (tertiary/aromatic N) is 1. The zero-order valence-corrected chi connectivity index (χ0v) is 16.1. The molecule has 0 aliphatic carbocycles. The summed E-state index contributed by atoms with van der Waals surface area (Å²) in [5.74, 6) is -0.176. The van der Waals surface area contributed by atoms with Crippen molar-refractivity contribution in [1.82, 2.24) is 10.2 Å². The zero-order chi connectivity index (χ0) is 18.7. The van der Waals surface area contributed by atoms with E-state index in [4.69, 9.17) is 9.47 Å². The first kappa shape index (κ1) is 18.8. The molecule has 1 aliphatic rings. The summed E-state index contributed by atoms with van der Waals surface area (Å²) in [5, 5.41) is 3.71. The molecule has 1 saturated heterocycles. The molecule has 1 N–H and O–H groups in total. The highest BCUT2D eigenvalue weighted by molar-refractivity contribution is 7.21. The van der Waals surface area contributed by atoms with Crippen molar-refractivity contribution in [3.05, 3.63) is 34.7 Å². The molecular formula is C19H24N2O4S. The summed E-state index contributed by atoms with van der Waals surface area (Å²) in [7, 11) is 1.62. The van der Waals surface area contributed by atoms with Crippen molar-refractivity contribution >= 4 is 33.2 Å². The van der Waals surface area contributed by atoms with Gasteiger partial charge in [0, 0.05) is 23.9 Å². The van der Waals surface area contributed by atoms with Crippen molar-refractivity contribution in [3.63, 3.8) is 0 Å². The monoisotopic (exact) mass is 376 g/mol. The average Bonchev–Trinajstić information content (AvgIpc) is 3.05. The van der Waals surface area contributed by atoms with Gasteiger partial charge < -0.3 is 19.7 Å². The number of hydrogen-bond donors (Lipinski definition) is 1. The number of ether oxygens (including phenoxy) is 2. The predicted octanol–water partition coefficient (Wildman–Crippen LogP) is 2.59. The molecule has 1 fully saturated rings. The molecule has 3 rings (SSSR count). The molecular weight excluding hydrogens is 352 g/mol. The van der Waals surface area contributed by atoms with Gasteiger partial charge in [-0.2, -0.15) is 0 Å². The molecule has 0 spiro atoms. The molecule has 140 valence electrons. The minimum absolute atomic E-state index is 0.0106. The summed E-state index contributed by atoms with van der Waals surface area (Å²) < 4.78 is 12.4. The second kappa shape index (κ2) is 8.16. The van der Waals surface area contributed by atoms with E-state index in [2.05, 4.69) is 5.32 Å². The lowest BCUT2D eigenvalue weighted by atomic mass is 10.0. The first-order chi connectivity index (χ1) is 12.5. The Hall–Kier alpha value is -1.96. The topological polar surface area (TPSA) is 67.9 Å². The third-order valence-electron chi connectivity index (χ3n) is 4.35. The Kier molecular flexibility index (Phi) is 5.90. The van der Waals surface area contributed by atoms with Crippen LogP contribution in [0.3, 0.4) is 0 Å². The maximum Gasteiger partial charge on any atom is 0.261 e. The lowest BCUT2D eigenvalue weighted by molar-refractivity contribution is -0.145. The van der Waals surface area contributed by atoms with Crippen molar-refractivity contribution in [1.29, 1.82) is 0 Å². The molecule has 6 nitrogen and oxygen atoms in total. The van der Waals surface area contributed by atoms with Crippen molar-refractivity contribution in [2.24, 2.45) is 0 Å². The molecule has 1 aliphatic heterocycles. The summed E-state index contributed by atoms with van der Waals surface area (Å²) in [6.45, 7) is 5.27. The zero-order valence-electron chi connectivity index (χ0n) is 15.3. The molecule has 1 atom stereocenters. The Morgan fingerprint density at radius 1 is 1.38 bits per heavy atom. The highest BCUT2D eigenvalue weighted by Crippen LogP contribution is 2.38. The van der Waals surface area contributed by atoms with E-state index >= 15 is 0 Å². The van der Waals surface area contributed by atoms with Crippen LogP contribution >= 0.6 is 11.3 Å². The van der Waals surface area contributed by atoms with Gasteiger partial charge in [0.05, 0.1) is 24.1 Å². The van der Waals surface area contributed by atoms with E-state index in [9.17, 15) is 9.59 Å². The van der Waals surface area contributed by atoms with Crippen molar-refractivity contribution in [2.45, 2.75) is 26.1 Å². The maximum atomic E-state index is 12.4. The molecule has 1 unspecified atom stereocenters. The molecule has 1 aromatic carbocycles. The number of carbonyl (C=O) groups excluding carboxylic acids is 2.